The van der Waals surface area contributed by atoms with Gasteiger partial charge in [0.1, 0.15) is 18.4 Å². The molecule has 2 aromatic rings. The molecule has 0 aliphatic carbocycles. The predicted molar refractivity (Wildman–Crippen MR) is 137 cm³/mol. The number of nitrogens with zero attached hydrogens (tertiary/aromatic N) is 3. The summed E-state index contributed by atoms with van der Waals surface area (Å²) in [7, 11) is 1.81. The molecule has 1 N–H and O–H groups in total. The lowest BCUT2D eigenvalue weighted by Gasteiger charge is -2.29. The average Bonchev–Trinajstić information content (AvgIpc) is 3.27. The number of morpholine rings is 1. The van der Waals surface area contributed by atoms with Crippen molar-refractivity contribution in [3.05, 3.63) is 64.7 Å². The van der Waals surface area contributed by atoms with Gasteiger partial charge in [0.15, 0.2) is 0 Å². The maximum Gasteiger partial charge on any atom is 0.255 e. The van der Waals surface area contributed by atoms with Crippen molar-refractivity contribution in [1.82, 2.24) is 20.0 Å². The summed E-state index contributed by atoms with van der Waals surface area (Å²) in [5, 5.41) is 2.32. The normalized spacial score (nSPS) is 19.8. The zero-order chi connectivity index (χ0) is 26.6. The summed E-state index contributed by atoms with van der Waals surface area (Å²) < 4.78 is 11.4. The van der Waals surface area contributed by atoms with Crippen molar-refractivity contribution < 1.29 is 28.7 Å². The number of likely N-dealkylation sites (N-methyl/N-ethyl adjacent to an activating group) is 1. The number of nitrogens with one attached hydrogen (secondary N) is 1. The van der Waals surface area contributed by atoms with E-state index in [0.717, 1.165) is 44.0 Å². The molecular formula is C28H32N4O6. The Morgan fingerprint density at radius 3 is 2.61 bits per heavy atom. The van der Waals surface area contributed by atoms with E-state index in [4.69, 9.17) is 9.47 Å². The molecule has 3 aliphatic rings. The van der Waals surface area contributed by atoms with Gasteiger partial charge < -0.3 is 19.3 Å². The van der Waals surface area contributed by atoms with Gasteiger partial charge in [-0.05, 0) is 36.2 Å². The highest BCUT2D eigenvalue weighted by molar-refractivity contribution is 6.05. The third-order valence-corrected chi connectivity index (χ3v) is 7.34. The van der Waals surface area contributed by atoms with E-state index < -0.39 is 11.9 Å². The topological polar surface area (TPSA) is 108 Å². The molecule has 0 spiro atoms. The fourth-order valence-corrected chi connectivity index (χ4v) is 5.04. The molecule has 2 saturated heterocycles. The fraction of sp³-hybridized carbons (Fsp3) is 0.429. The highest BCUT2D eigenvalue weighted by atomic mass is 16.5. The van der Waals surface area contributed by atoms with Crippen LogP contribution in [0.1, 0.15) is 44.7 Å². The molecule has 3 aliphatic heterocycles. The first-order chi connectivity index (χ1) is 18.4. The second kappa shape index (κ2) is 11.3. The van der Waals surface area contributed by atoms with Gasteiger partial charge in [-0.15, -0.1) is 0 Å². The first kappa shape index (κ1) is 25.9. The summed E-state index contributed by atoms with van der Waals surface area (Å²) >= 11 is 0. The minimum absolute atomic E-state index is 0.0290. The fourth-order valence-electron chi connectivity index (χ4n) is 5.04. The lowest BCUT2D eigenvalue weighted by atomic mass is 10.0. The summed E-state index contributed by atoms with van der Waals surface area (Å²) in [5.74, 6) is -0.439. The molecule has 0 radical (unpaired) electrons. The Hall–Kier alpha value is -3.76. The molecule has 0 bridgehead atoms. The first-order valence-electron chi connectivity index (χ1n) is 12.9. The lowest BCUT2D eigenvalue weighted by molar-refractivity contribution is -0.136. The molecule has 2 aromatic carbocycles. The molecule has 10 nitrogen and oxygen atoms in total. The third kappa shape index (κ3) is 5.56. The van der Waals surface area contributed by atoms with Crippen LogP contribution in [0.4, 0.5) is 0 Å². The number of hydrogen-bond donors (Lipinski definition) is 1. The zero-order valence-electron chi connectivity index (χ0n) is 21.5. The maximum absolute atomic E-state index is 13.0. The van der Waals surface area contributed by atoms with Crippen molar-refractivity contribution >= 4 is 23.6 Å². The molecule has 200 valence electrons. The van der Waals surface area contributed by atoms with E-state index in [2.05, 4.69) is 10.2 Å². The minimum Gasteiger partial charge on any atom is -0.489 e. The Morgan fingerprint density at radius 1 is 1.11 bits per heavy atom. The zero-order valence-corrected chi connectivity index (χ0v) is 21.5. The van der Waals surface area contributed by atoms with Crippen molar-refractivity contribution in [3.8, 4) is 5.75 Å². The lowest BCUT2D eigenvalue weighted by Crippen LogP contribution is -2.52. The number of hydrogen-bond acceptors (Lipinski definition) is 7. The van der Waals surface area contributed by atoms with Crippen molar-refractivity contribution in [3.63, 3.8) is 0 Å². The summed E-state index contributed by atoms with van der Waals surface area (Å²) in [4.78, 5) is 55.2. The Bertz CT molecular complexity index is 1220. The summed E-state index contributed by atoms with van der Waals surface area (Å²) in [6.07, 6.45) is 0.524. The van der Waals surface area contributed by atoms with E-state index in [0.29, 0.717) is 29.8 Å². The largest absolute Gasteiger partial charge is 0.489 e. The number of piperidine rings is 1. The van der Waals surface area contributed by atoms with Crippen molar-refractivity contribution in [2.45, 2.75) is 32.0 Å². The number of benzene rings is 2. The predicted octanol–water partition coefficient (Wildman–Crippen LogP) is 1.43. The molecule has 5 rings (SSSR count). The summed E-state index contributed by atoms with van der Waals surface area (Å²) in [6, 6.07) is 12.0. The number of rotatable bonds is 8. The number of imide groups is 1. The van der Waals surface area contributed by atoms with Gasteiger partial charge in [-0.1, -0.05) is 18.2 Å². The molecule has 3 heterocycles. The number of carbonyl (C=O) groups excluding carboxylic acids is 4. The van der Waals surface area contributed by atoms with Crippen molar-refractivity contribution in [2.24, 2.45) is 0 Å². The maximum atomic E-state index is 13.0. The van der Waals surface area contributed by atoms with Crippen LogP contribution in [0, 0.1) is 0 Å². The van der Waals surface area contributed by atoms with E-state index >= 15 is 0 Å². The molecule has 1 unspecified atom stereocenters. The highest BCUT2D eigenvalue weighted by Gasteiger charge is 2.40. The Labute approximate surface area is 221 Å². The minimum atomic E-state index is -0.669. The van der Waals surface area contributed by atoms with Crippen LogP contribution < -0.4 is 10.1 Å². The van der Waals surface area contributed by atoms with Gasteiger partial charge in [0.25, 0.3) is 11.8 Å². The SMILES string of the molecule is CN(CCN1CCOCC1)C(=O)c1ccc(COc2cccc3c2CN(C2CCC(=O)NC2=O)C3=O)cc1. The van der Waals surface area contributed by atoms with Gasteiger partial charge in [0.2, 0.25) is 11.8 Å². The van der Waals surface area contributed by atoms with Crippen LogP contribution in [0.5, 0.6) is 5.75 Å². The molecule has 2 fully saturated rings. The van der Waals surface area contributed by atoms with Gasteiger partial charge >= 0.3 is 0 Å². The monoisotopic (exact) mass is 520 g/mol. The van der Waals surface area contributed by atoms with E-state index in [9.17, 15) is 19.2 Å². The molecule has 0 aromatic heterocycles. The number of ether oxygens (including phenoxy) is 2. The molecule has 0 saturated carbocycles. The van der Waals surface area contributed by atoms with E-state index in [1.807, 2.05) is 19.2 Å². The molecule has 1 atom stereocenters. The first-order valence-corrected chi connectivity index (χ1v) is 12.9. The van der Waals surface area contributed by atoms with Crippen LogP contribution >= 0.6 is 0 Å². The van der Waals surface area contributed by atoms with Crippen LogP contribution in [0.15, 0.2) is 42.5 Å². The van der Waals surface area contributed by atoms with Crippen LogP contribution in [-0.4, -0.2) is 90.8 Å². The van der Waals surface area contributed by atoms with Crippen LogP contribution in [-0.2, 0) is 27.5 Å². The number of fused-ring (bicyclic) bond motifs is 1. The van der Waals surface area contributed by atoms with Gasteiger partial charge in [0, 0.05) is 56.3 Å². The van der Waals surface area contributed by atoms with Crippen LogP contribution in [0.2, 0.25) is 0 Å². The van der Waals surface area contributed by atoms with Gasteiger partial charge in [-0.2, -0.15) is 0 Å². The molecule has 10 heteroatoms. The highest BCUT2D eigenvalue weighted by Crippen LogP contribution is 2.34. The quantitative estimate of drug-likeness (QED) is 0.525. The van der Waals surface area contributed by atoms with E-state index in [-0.39, 0.29) is 37.3 Å². The molecular weight excluding hydrogens is 488 g/mol. The standard InChI is InChI=1S/C28H32N4O6/c1-30(11-12-31-13-15-37-16-14-31)27(35)20-7-5-19(6-8-20)18-38-24-4-2-3-21-22(24)17-32(28(21)36)23-9-10-25(33)29-26(23)34/h2-8,23H,9-18H2,1H3,(H,29,33,34). The van der Waals surface area contributed by atoms with Crippen LogP contribution in [0.3, 0.4) is 0 Å². The Kier molecular flexibility index (Phi) is 7.71. The summed E-state index contributed by atoms with van der Waals surface area (Å²) in [6.45, 7) is 5.25. The van der Waals surface area contributed by atoms with Crippen molar-refractivity contribution in [2.75, 3.05) is 46.4 Å². The second-order valence-corrected chi connectivity index (χ2v) is 9.85. The number of carbonyl (C=O) groups is 4. The van der Waals surface area contributed by atoms with E-state index in [1.54, 1.807) is 35.2 Å². The third-order valence-electron chi connectivity index (χ3n) is 7.34. The molecule has 38 heavy (non-hydrogen) atoms. The van der Waals surface area contributed by atoms with Gasteiger partial charge in [-0.3, -0.25) is 29.4 Å². The molecule has 4 amide bonds. The Balaban J connectivity index is 1.17. The Morgan fingerprint density at radius 2 is 1.87 bits per heavy atom. The van der Waals surface area contributed by atoms with Gasteiger partial charge in [0.05, 0.1) is 19.8 Å². The van der Waals surface area contributed by atoms with Crippen molar-refractivity contribution in [1.29, 1.82) is 0 Å². The average molecular weight is 521 g/mol. The number of amides is 4. The van der Waals surface area contributed by atoms with Gasteiger partial charge in [-0.25, -0.2) is 0 Å². The second-order valence-electron chi connectivity index (χ2n) is 9.85. The smallest absolute Gasteiger partial charge is 0.255 e. The van der Waals surface area contributed by atoms with E-state index in [1.165, 1.54) is 4.90 Å². The summed E-state index contributed by atoms with van der Waals surface area (Å²) in [5.41, 5.74) is 2.75. The van der Waals surface area contributed by atoms with Crippen LogP contribution in [0.25, 0.3) is 0 Å².